The number of nitrogen functional groups attached to an aromatic ring is 1. The highest BCUT2D eigenvalue weighted by Crippen LogP contribution is 2.26. The Labute approximate surface area is 89.4 Å². The second kappa shape index (κ2) is 4.50. The van der Waals surface area contributed by atoms with E-state index in [1.807, 2.05) is 0 Å². The summed E-state index contributed by atoms with van der Waals surface area (Å²) in [5.74, 6) is 0. The highest BCUT2D eigenvalue weighted by atomic mass is 32.2. The molecule has 5 N–H and O–H groups in total. The molecule has 0 unspecified atom stereocenters. The van der Waals surface area contributed by atoms with E-state index in [-0.39, 0.29) is 10.6 Å². The van der Waals surface area contributed by atoms with Crippen molar-refractivity contribution in [3.05, 3.63) is 18.2 Å². The predicted octanol–water partition coefficient (Wildman–Crippen LogP) is 0.0429. The van der Waals surface area contributed by atoms with Crippen LogP contribution in [-0.2, 0) is 9.84 Å². The molecule has 0 saturated heterocycles. The zero-order valence-corrected chi connectivity index (χ0v) is 9.34. The molecule has 0 bridgehead atoms. The van der Waals surface area contributed by atoms with E-state index < -0.39 is 9.84 Å². The van der Waals surface area contributed by atoms with E-state index in [4.69, 9.17) is 11.5 Å². The minimum Gasteiger partial charge on any atom is -0.396 e. The van der Waals surface area contributed by atoms with Gasteiger partial charge < -0.3 is 16.8 Å². The third-order valence-corrected chi connectivity index (χ3v) is 3.08. The topological polar surface area (TPSA) is 98.2 Å². The molecule has 0 atom stereocenters. The van der Waals surface area contributed by atoms with Crippen molar-refractivity contribution >= 4 is 21.2 Å². The fourth-order valence-electron chi connectivity index (χ4n) is 1.23. The van der Waals surface area contributed by atoms with Gasteiger partial charge in [0, 0.05) is 19.3 Å². The van der Waals surface area contributed by atoms with Crippen molar-refractivity contribution in [2.24, 2.45) is 5.73 Å². The highest BCUT2D eigenvalue weighted by Gasteiger charge is 2.13. The maximum Gasteiger partial charge on any atom is 0.177 e. The van der Waals surface area contributed by atoms with Crippen LogP contribution in [0.25, 0.3) is 0 Å². The van der Waals surface area contributed by atoms with E-state index >= 15 is 0 Å². The largest absolute Gasteiger partial charge is 0.396 e. The van der Waals surface area contributed by atoms with Crippen molar-refractivity contribution < 1.29 is 8.42 Å². The maximum atomic E-state index is 11.3. The number of para-hydroxylation sites is 1. The summed E-state index contributed by atoms with van der Waals surface area (Å²) in [5, 5.41) is 2.96. The Balaban J connectivity index is 3.12. The lowest BCUT2D eigenvalue weighted by molar-refractivity contribution is 0.602. The van der Waals surface area contributed by atoms with Crippen molar-refractivity contribution in [2.45, 2.75) is 4.90 Å². The Morgan fingerprint density at radius 3 is 2.60 bits per heavy atom. The predicted molar refractivity (Wildman–Crippen MR) is 61.5 cm³/mol. The zero-order valence-electron chi connectivity index (χ0n) is 8.53. The fourth-order valence-corrected chi connectivity index (χ4v) is 2.06. The summed E-state index contributed by atoms with van der Waals surface area (Å²) in [6.07, 6.45) is 1.13. The molecule has 0 aromatic heterocycles. The van der Waals surface area contributed by atoms with Crippen LogP contribution in [0, 0.1) is 0 Å². The molecular weight excluding hydrogens is 214 g/mol. The van der Waals surface area contributed by atoms with Gasteiger partial charge in [-0.15, -0.1) is 0 Å². The van der Waals surface area contributed by atoms with Crippen LogP contribution in [0.2, 0.25) is 0 Å². The molecular formula is C9H15N3O2S. The summed E-state index contributed by atoms with van der Waals surface area (Å²) < 4.78 is 22.7. The standard InChI is InChI=1S/C9H15N3O2S/c1-15(13,14)8-4-2-3-7(9(8)11)12-6-5-10/h2-4,12H,5-6,10-11H2,1H3. The minimum absolute atomic E-state index is 0.143. The molecule has 0 aliphatic heterocycles. The highest BCUT2D eigenvalue weighted by molar-refractivity contribution is 7.90. The summed E-state index contributed by atoms with van der Waals surface area (Å²) in [6, 6.07) is 4.85. The van der Waals surface area contributed by atoms with Crippen molar-refractivity contribution in [3.8, 4) is 0 Å². The average molecular weight is 229 g/mol. The fraction of sp³-hybridized carbons (Fsp3) is 0.333. The Morgan fingerprint density at radius 2 is 2.07 bits per heavy atom. The van der Waals surface area contributed by atoms with Crippen LogP contribution < -0.4 is 16.8 Å². The van der Waals surface area contributed by atoms with Crippen LogP contribution in [0.15, 0.2) is 23.1 Å². The van der Waals surface area contributed by atoms with Crippen molar-refractivity contribution in [3.63, 3.8) is 0 Å². The molecule has 0 saturated carbocycles. The van der Waals surface area contributed by atoms with Gasteiger partial charge in [0.1, 0.15) is 0 Å². The van der Waals surface area contributed by atoms with Gasteiger partial charge in [0.15, 0.2) is 9.84 Å². The number of nitrogens with two attached hydrogens (primary N) is 2. The van der Waals surface area contributed by atoms with Gasteiger partial charge in [0.2, 0.25) is 0 Å². The first-order chi connectivity index (χ1) is 6.96. The Morgan fingerprint density at radius 1 is 1.40 bits per heavy atom. The molecule has 0 spiro atoms. The monoisotopic (exact) mass is 229 g/mol. The summed E-state index contributed by atoms with van der Waals surface area (Å²) in [5.41, 5.74) is 11.9. The summed E-state index contributed by atoms with van der Waals surface area (Å²) in [4.78, 5) is 0.143. The molecule has 0 radical (unpaired) electrons. The number of hydrogen-bond acceptors (Lipinski definition) is 5. The van der Waals surface area contributed by atoms with Crippen molar-refractivity contribution in [1.82, 2.24) is 0 Å². The molecule has 84 valence electrons. The van der Waals surface area contributed by atoms with Crippen LogP contribution in [0.3, 0.4) is 0 Å². The van der Waals surface area contributed by atoms with Gasteiger partial charge >= 0.3 is 0 Å². The van der Waals surface area contributed by atoms with E-state index in [9.17, 15) is 8.42 Å². The second-order valence-electron chi connectivity index (χ2n) is 3.21. The number of sulfone groups is 1. The van der Waals surface area contributed by atoms with Gasteiger partial charge in [-0.25, -0.2) is 8.42 Å². The van der Waals surface area contributed by atoms with E-state index in [0.717, 1.165) is 6.26 Å². The van der Waals surface area contributed by atoms with Crippen LogP contribution in [0.4, 0.5) is 11.4 Å². The van der Waals surface area contributed by atoms with E-state index in [0.29, 0.717) is 18.8 Å². The third-order valence-electron chi connectivity index (χ3n) is 1.93. The number of hydrogen-bond donors (Lipinski definition) is 3. The molecule has 0 amide bonds. The summed E-state index contributed by atoms with van der Waals surface area (Å²) in [7, 11) is -3.28. The average Bonchev–Trinajstić information content (AvgIpc) is 2.14. The molecule has 5 nitrogen and oxygen atoms in total. The van der Waals surface area contributed by atoms with Gasteiger partial charge in [0.05, 0.1) is 16.3 Å². The van der Waals surface area contributed by atoms with Crippen molar-refractivity contribution in [1.29, 1.82) is 0 Å². The Hall–Kier alpha value is -1.27. The quantitative estimate of drug-likeness (QED) is 0.633. The normalized spacial score (nSPS) is 11.3. The van der Waals surface area contributed by atoms with Gasteiger partial charge in [-0.3, -0.25) is 0 Å². The van der Waals surface area contributed by atoms with Crippen LogP contribution >= 0.6 is 0 Å². The molecule has 1 rings (SSSR count). The number of nitrogens with one attached hydrogen (secondary N) is 1. The second-order valence-corrected chi connectivity index (χ2v) is 5.19. The smallest absolute Gasteiger partial charge is 0.177 e. The Kier molecular flexibility index (Phi) is 3.54. The van der Waals surface area contributed by atoms with Crippen LogP contribution in [-0.4, -0.2) is 27.8 Å². The van der Waals surface area contributed by atoms with Gasteiger partial charge in [-0.2, -0.15) is 0 Å². The molecule has 15 heavy (non-hydrogen) atoms. The molecule has 1 aromatic carbocycles. The zero-order chi connectivity index (χ0) is 11.5. The molecule has 0 aliphatic carbocycles. The Bertz CT molecular complexity index is 443. The van der Waals surface area contributed by atoms with Gasteiger partial charge in [0.25, 0.3) is 0 Å². The first kappa shape index (κ1) is 11.8. The van der Waals surface area contributed by atoms with Gasteiger partial charge in [-0.05, 0) is 12.1 Å². The van der Waals surface area contributed by atoms with Crippen molar-refractivity contribution in [2.75, 3.05) is 30.4 Å². The molecule has 0 heterocycles. The molecule has 0 fully saturated rings. The van der Waals surface area contributed by atoms with Gasteiger partial charge in [-0.1, -0.05) is 6.07 Å². The summed E-state index contributed by atoms with van der Waals surface area (Å²) >= 11 is 0. The number of rotatable bonds is 4. The number of benzene rings is 1. The minimum atomic E-state index is -3.28. The molecule has 0 aliphatic rings. The SMILES string of the molecule is CS(=O)(=O)c1cccc(NCCN)c1N. The van der Waals surface area contributed by atoms with Crippen LogP contribution in [0.1, 0.15) is 0 Å². The van der Waals surface area contributed by atoms with E-state index in [2.05, 4.69) is 5.32 Å². The molecule has 6 heteroatoms. The lowest BCUT2D eigenvalue weighted by Gasteiger charge is -2.10. The molecule has 1 aromatic rings. The van der Waals surface area contributed by atoms with E-state index in [1.165, 1.54) is 6.07 Å². The number of anilines is 2. The summed E-state index contributed by atoms with van der Waals surface area (Å²) in [6.45, 7) is 1.01. The third kappa shape index (κ3) is 2.84. The lowest BCUT2D eigenvalue weighted by atomic mass is 10.2. The lowest BCUT2D eigenvalue weighted by Crippen LogP contribution is -2.15. The first-order valence-electron chi connectivity index (χ1n) is 4.49. The van der Waals surface area contributed by atoms with E-state index in [1.54, 1.807) is 12.1 Å². The maximum absolute atomic E-state index is 11.3. The first-order valence-corrected chi connectivity index (χ1v) is 6.38. The van der Waals surface area contributed by atoms with Crippen LogP contribution in [0.5, 0.6) is 0 Å².